The normalized spacial score (nSPS) is 11.1. The number of nitrogens with zero attached hydrogens (tertiary/aromatic N) is 5. The van der Waals surface area contributed by atoms with Gasteiger partial charge < -0.3 is 15.5 Å². The second-order valence-electron chi connectivity index (χ2n) is 7.36. The Bertz CT molecular complexity index is 1250. The van der Waals surface area contributed by atoms with Crippen LogP contribution < -0.4 is 14.9 Å². The highest BCUT2D eigenvalue weighted by Gasteiger charge is 2.17. The Morgan fingerprint density at radius 3 is 2.42 bits per heavy atom. The van der Waals surface area contributed by atoms with Gasteiger partial charge in [-0.15, -0.1) is 0 Å². The summed E-state index contributed by atoms with van der Waals surface area (Å²) in [5.41, 5.74) is 1.91. The van der Waals surface area contributed by atoms with Gasteiger partial charge >= 0.3 is 0 Å². The molecular formula is C21H24ClN7O3S. The maximum Gasteiger partial charge on any atom is 0.253 e. The molecule has 0 bridgehead atoms. The fourth-order valence-electron chi connectivity index (χ4n) is 2.82. The van der Waals surface area contributed by atoms with E-state index in [1.165, 1.54) is 24.3 Å². The molecule has 0 saturated carbocycles. The number of benzene rings is 1. The Hall–Kier alpha value is -3.44. The Morgan fingerprint density at radius 1 is 1.09 bits per heavy atom. The molecule has 1 amide bonds. The predicted octanol–water partition coefficient (Wildman–Crippen LogP) is 2.98. The van der Waals surface area contributed by atoms with Crippen molar-refractivity contribution in [2.24, 2.45) is 0 Å². The molecular weight excluding hydrogens is 466 g/mol. The average molecular weight is 490 g/mol. The summed E-state index contributed by atoms with van der Waals surface area (Å²) in [6.07, 6.45) is 4.09. The molecule has 10 nitrogen and oxygen atoms in total. The summed E-state index contributed by atoms with van der Waals surface area (Å²) in [6, 6.07) is 10.4. The SMILES string of the molecule is CN(C)C(=O)c1ccc(Nc2ncc(Cl)c(NCc3cccnc3N(C)S(C)(=O)=O)n2)cc1. The summed E-state index contributed by atoms with van der Waals surface area (Å²) in [5.74, 6) is 0.883. The van der Waals surface area contributed by atoms with Gasteiger partial charge in [0.25, 0.3) is 5.91 Å². The van der Waals surface area contributed by atoms with E-state index in [1.54, 1.807) is 50.5 Å². The molecule has 33 heavy (non-hydrogen) atoms. The first-order valence-electron chi connectivity index (χ1n) is 9.79. The molecule has 0 atom stereocenters. The Kier molecular flexibility index (Phi) is 7.34. The summed E-state index contributed by atoms with van der Waals surface area (Å²) in [4.78, 5) is 26.3. The van der Waals surface area contributed by atoms with E-state index in [4.69, 9.17) is 11.6 Å². The molecule has 0 spiro atoms. The Labute approximate surface area is 197 Å². The Morgan fingerprint density at radius 2 is 1.79 bits per heavy atom. The predicted molar refractivity (Wildman–Crippen MR) is 130 cm³/mol. The minimum atomic E-state index is -3.47. The molecule has 3 aromatic rings. The summed E-state index contributed by atoms with van der Waals surface area (Å²) in [6.45, 7) is 0.237. The fraction of sp³-hybridized carbons (Fsp3) is 0.238. The number of nitrogens with one attached hydrogen (secondary N) is 2. The summed E-state index contributed by atoms with van der Waals surface area (Å²) in [5, 5.41) is 6.47. The first kappa shape index (κ1) is 24.2. The number of rotatable bonds is 8. The number of halogens is 1. The largest absolute Gasteiger partial charge is 0.364 e. The van der Waals surface area contributed by atoms with Gasteiger partial charge in [-0.1, -0.05) is 17.7 Å². The lowest BCUT2D eigenvalue weighted by atomic mass is 10.2. The van der Waals surface area contributed by atoms with Crippen molar-refractivity contribution in [1.82, 2.24) is 19.9 Å². The third-order valence-electron chi connectivity index (χ3n) is 4.65. The van der Waals surface area contributed by atoms with Crippen LogP contribution in [-0.4, -0.2) is 61.6 Å². The number of carbonyl (C=O) groups excluding carboxylic acids is 1. The molecule has 0 saturated heterocycles. The van der Waals surface area contributed by atoms with Crippen molar-refractivity contribution >= 4 is 50.8 Å². The lowest BCUT2D eigenvalue weighted by Gasteiger charge is -2.19. The zero-order chi connectivity index (χ0) is 24.2. The van der Waals surface area contributed by atoms with Crippen LogP contribution in [0.4, 0.5) is 23.3 Å². The van der Waals surface area contributed by atoms with E-state index in [0.717, 1.165) is 10.6 Å². The van der Waals surface area contributed by atoms with Gasteiger partial charge in [-0.05, 0) is 30.3 Å². The number of amides is 1. The van der Waals surface area contributed by atoms with Crippen molar-refractivity contribution in [2.75, 3.05) is 42.3 Å². The van der Waals surface area contributed by atoms with Crippen molar-refractivity contribution < 1.29 is 13.2 Å². The monoisotopic (exact) mass is 489 g/mol. The number of hydrogen-bond acceptors (Lipinski definition) is 8. The van der Waals surface area contributed by atoms with Crippen LogP contribution in [0.15, 0.2) is 48.8 Å². The van der Waals surface area contributed by atoms with Crippen LogP contribution >= 0.6 is 11.6 Å². The van der Waals surface area contributed by atoms with Gasteiger partial charge in [-0.2, -0.15) is 4.98 Å². The third-order valence-corrected chi connectivity index (χ3v) is 6.09. The van der Waals surface area contributed by atoms with Crippen LogP contribution in [0.5, 0.6) is 0 Å². The molecule has 2 aromatic heterocycles. The second kappa shape index (κ2) is 10.0. The smallest absolute Gasteiger partial charge is 0.253 e. The molecule has 174 valence electrons. The van der Waals surface area contributed by atoms with Crippen LogP contribution in [-0.2, 0) is 16.6 Å². The van der Waals surface area contributed by atoms with Gasteiger partial charge in [0, 0.05) is 50.7 Å². The van der Waals surface area contributed by atoms with E-state index < -0.39 is 10.0 Å². The van der Waals surface area contributed by atoms with Crippen LogP contribution in [0, 0.1) is 0 Å². The highest BCUT2D eigenvalue weighted by molar-refractivity contribution is 7.92. The van der Waals surface area contributed by atoms with E-state index in [9.17, 15) is 13.2 Å². The van der Waals surface area contributed by atoms with E-state index in [0.29, 0.717) is 39.4 Å². The molecule has 0 aliphatic carbocycles. The minimum absolute atomic E-state index is 0.0907. The van der Waals surface area contributed by atoms with E-state index in [1.807, 2.05) is 0 Å². The number of anilines is 4. The van der Waals surface area contributed by atoms with Crippen LogP contribution in [0.1, 0.15) is 15.9 Å². The number of pyridine rings is 1. The van der Waals surface area contributed by atoms with Gasteiger partial charge in [0.2, 0.25) is 16.0 Å². The maximum atomic E-state index is 12.0. The molecule has 2 heterocycles. The van der Waals surface area contributed by atoms with Gasteiger partial charge in [-0.3, -0.25) is 9.10 Å². The van der Waals surface area contributed by atoms with E-state index in [2.05, 4.69) is 25.6 Å². The molecule has 3 rings (SSSR count). The molecule has 0 radical (unpaired) electrons. The molecule has 12 heteroatoms. The quantitative estimate of drug-likeness (QED) is 0.495. The molecule has 0 aliphatic heterocycles. The Balaban J connectivity index is 1.75. The standard InChI is InChI=1S/C21H24ClN7O3S/c1-28(2)20(30)14-7-9-16(10-8-14)26-21-25-13-17(22)18(27-21)24-12-15-6-5-11-23-19(15)29(3)33(4,31)32/h5-11,13H,12H2,1-4H3,(H2,24,25,26,27). The number of carbonyl (C=O) groups is 1. The summed E-state index contributed by atoms with van der Waals surface area (Å²) in [7, 11) is 1.36. The molecule has 0 aliphatic rings. The van der Waals surface area contributed by atoms with Gasteiger partial charge in [-0.25, -0.2) is 18.4 Å². The first-order chi connectivity index (χ1) is 15.6. The zero-order valence-electron chi connectivity index (χ0n) is 18.6. The van der Waals surface area contributed by atoms with Crippen molar-refractivity contribution in [3.8, 4) is 0 Å². The topological polar surface area (TPSA) is 120 Å². The maximum absolute atomic E-state index is 12.0. The highest BCUT2D eigenvalue weighted by Crippen LogP contribution is 2.24. The van der Waals surface area contributed by atoms with E-state index in [-0.39, 0.29) is 12.5 Å². The highest BCUT2D eigenvalue weighted by atomic mass is 35.5. The number of aromatic nitrogens is 3. The van der Waals surface area contributed by atoms with Crippen LogP contribution in [0.25, 0.3) is 0 Å². The molecule has 1 aromatic carbocycles. The number of sulfonamides is 1. The zero-order valence-corrected chi connectivity index (χ0v) is 20.1. The van der Waals surface area contributed by atoms with Crippen LogP contribution in [0.3, 0.4) is 0 Å². The van der Waals surface area contributed by atoms with Crippen LogP contribution in [0.2, 0.25) is 5.02 Å². The lowest BCUT2D eigenvalue weighted by molar-refractivity contribution is 0.0827. The third kappa shape index (κ3) is 6.08. The fourth-order valence-corrected chi connectivity index (χ4v) is 3.46. The minimum Gasteiger partial charge on any atom is -0.364 e. The molecule has 0 unspecified atom stereocenters. The van der Waals surface area contributed by atoms with Crippen molar-refractivity contribution in [3.63, 3.8) is 0 Å². The van der Waals surface area contributed by atoms with Crippen molar-refractivity contribution in [3.05, 3.63) is 64.9 Å². The summed E-state index contributed by atoms with van der Waals surface area (Å²) >= 11 is 6.25. The van der Waals surface area contributed by atoms with Gasteiger partial charge in [0.1, 0.15) is 10.8 Å². The van der Waals surface area contributed by atoms with Crippen molar-refractivity contribution in [2.45, 2.75) is 6.54 Å². The summed E-state index contributed by atoms with van der Waals surface area (Å²) < 4.78 is 24.9. The molecule has 2 N–H and O–H groups in total. The van der Waals surface area contributed by atoms with Crippen molar-refractivity contribution in [1.29, 1.82) is 0 Å². The van der Waals surface area contributed by atoms with E-state index >= 15 is 0 Å². The molecule has 0 fully saturated rings. The number of hydrogen-bond donors (Lipinski definition) is 2. The average Bonchev–Trinajstić information content (AvgIpc) is 2.78. The van der Waals surface area contributed by atoms with Gasteiger partial charge in [0.05, 0.1) is 12.5 Å². The lowest BCUT2D eigenvalue weighted by Crippen LogP contribution is -2.27. The van der Waals surface area contributed by atoms with Gasteiger partial charge in [0.15, 0.2) is 5.82 Å². The second-order valence-corrected chi connectivity index (χ2v) is 9.78. The first-order valence-corrected chi connectivity index (χ1v) is 12.0.